The van der Waals surface area contributed by atoms with Crippen molar-refractivity contribution in [3.05, 3.63) is 0 Å². The van der Waals surface area contributed by atoms with Gasteiger partial charge in [0.15, 0.2) is 0 Å². The van der Waals surface area contributed by atoms with Crippen LogP contribution in [0.15, 0.2) is 0 Å². The molecule has 0 aromatic heterocycles. The molecular formula is C11H25N4O+. The summed E-state index contributed by atoms with van der Waals surface area (Å²) in [5.74, 6) is 0. The van der Waals surface area contributed by atoms with Crippen molar-refractivity contribution >= 4 is 6.03 Å². The third-order valence-electron chi connectivity index (χ3n) is 3.06. The zero-order valence-corrected chi connectivity index (χ0v) is 10.8. The van der Waals surface area contributed by atoms with Crippen LogP contribution in [0.5, 0.6) is 0 Å². The number of piperidine rings is 1. The number of carbonyl (C=O) groups excluding carboxylic acids is 1. The predicted octanol–water partition coefficient (Wildman–Crippen LogP) is 0.474. The van der Waals surface area contributed by atoms with E-state index in [4.69, 9.17) is 5.73 Å². The monoisotopic (exact) mass is 229 g/mol. The van der Waals surface area contributed by atoms with Gasteiger partial charge in [-0.15, -0.1) is 0 Å². The molecule has 1 rings (SSSR count). The number of amides is 2. The van der Waals surface area contributed by atoms with E-state index in [0.29, 0.717) is 11.1 Å². The first-order valence-electron chi connectivity index (χ1n) is 6.02. The van der Waals surface area contributed by atoms with Crippen LogP contribution in [0.4, 0.5) is 4.79 Å². The zero-order valence-electron chi connectivity index (χ0n) is 10.8. The van der Waals surface area contributed by atoms with Crippen molar-refractivity contribution in [2.24, 2.45) is 5.73 Å². The molecule has 0 unspecified atom stereocenters. The first-order chi connectivity index (χ1) is 7.41. The van der Waals surface area contributed by atoms with E-state index < -0.39 is 0 Å². The molecule has 0 bridgehead atoms. The first kappa shape index (κ1) is 13.3. The van der Waals surface area contributed by atoms with Crippen LogP contribution in [0.25, 0.3) is 0 Å². The van der Waals surface area contributed by atoms with Crippen LogP contribution in [0.3, 0.4) is 0 Å². The molecule has 5 nitrogen and oxygen atoms in total. The van der Waals surface area contributed by atoms with E-state index in [2.05, 4.69) is 4.90 Å². The number of urea groups is 1. The quantitative estimate of drug-likeness (QED) is 0.563. The van der Waals surface area contributed by atoms with Crippen molar-refractivity contribution in [1.29, 1.82) is 0 Å². The Hall–Kier alpha value is -0.810. The molecule has 1 aliphatic heterocycles. The van der Waals surface area contributed by atoms with Crippen LogP contribution >= 0.6 is 0 Å². The molecule has 94 valence electrons. The van der Waals surface area contributed by atoms with Gasteiger partial charge in [0.05, 0.1) is 27.7 Å². The Morgan fingerprint density at radius 1 is 1.25 bits per heavy atom. The van der Waals surface area contributed by atoms with E-state index in [9.17, 15) is 4.79 Å². The molecule has 0 radical (unpaired) electrons. The number of primary amides is 1. The number of quaternary nitrogens is 1. The molecule has 0 spiro atoms. The number of carbonyl (C=O) groups is 1. The molecule has 1 aliphatic rings. The van der Waals surface area contributed by atoms with Crippen LogP contribution in [0.1, 0.15) is 19.3 Å². The molecule has 0 aromatic carbocycles. The molecule has 0 saturated carbocycles. The maximum absolute atomic E-state index is 11.3. The van der Waals surface area contributed by atoms with Gasteiger partial charge in [0, 0.05) is 6.54 Å². The van der Waals surface area contributed by atoms with E-state index in [1.807, 2.05) is 21.1 Å². The second kappa shape index (κ2) is 5.50. The molecule has 5 heteroatoms. The van der Waals surface area contributed by atoms with Gasteiger partial charge in [-0.2, -0.15) is 5.01 Å². The lowest BCUT2D eigenvalue weighted by Crippen LogP contribution is -2.58. The fraction of sp³-hybridized carbons (Fsp3) is 0.909. The lowest BCUT2D eigenvalue weighted by molar-refractivity contribution is -0.973. The highest BCUT2D eigenvalue weighted by atomic mass is 16.2. The second-order valence-corrected chi connectivity index (χ2v) is 5.31. The summed E-state index contributed by atoms with van der Waals surface area (Å²) < 4.78 is 0.461. The number of nitrogens with two attached hydrogens (primary N) is 1. The molecule has 0 aromatic rings. The minimum Gasteiger partial charge on any atom is -0.348 e. The lowest BCUT2D eigenvalue weighted by Gasteiger charge is -2.36. The fourth-order valence-electron chi connectivity index (χ4n) is 2.13. The van der Waals surface area contributed by atoms with Crippen molar-refractivity contribution in [2.75, 3.05) is 47.3 Å². The van der Waals surface area contributed by atoms with Gasteiger partial charge in [0.2, 0.25) is 0 Å². The topological polar surface area (TPSA) is 49.6 Å². The van der Waals surface area contributed by atoms with E-state index in [1.54, 1.807) is 5.01 Å². The van der Waals surface area contributed by atoms with Gasteiger partial charge >= 0.3 is 6.03 Å². The third-order valence-corrected chi connectivity index (χ3v) is 3.06. The van der Waals surface area contributed by atoms with E-state index in [1.165, 1.54) is 19.3 Å². The molecule has 2 amide bonds. The van der Waals surface area contributed by atoms with Crippen LogP contribution in [-0.2, 0) is 0 Å². The van der Waals surface area contributed by atoms with Crippen LogP contribution < -0.4 is 5.73 Å². The number of hydrogen-bond acceptors (Lipinski definition) is 2. The van der Waals surface area contributed by atoms with Crippen LogP contribution in [0.2, 0.25) is 0 Å². The van der Waals surface area contributed by atoms with Gasteiger partial charge in [-0.3, -0.25) is 0 Å². The number of likely N-dealkylation sites (tertiary alicyclic amines) is 1. The van der Waals surface area contributed by atoms with E-state index in [0.717, 1.165) is 19.6 Å². The van der Waals surface area contributed by atoms with Crippen molar-refractivity contribution in [1.82, 2.24) is 9.91 Å². The van der Waals surface area contributed by atoms with Crippen LogP contribution in [0, 0.1) is 0 Å². The predicted molar refractivity (Wildman–Crippen MR) is 64.6 cm³/mol. The van der Waals surface area contributed by atoms with Crippen molar-refractivity contribution < 1.29 is 9.39 Å². The summed E-state index contributed by atoms with van der Waals surface area (Å²) in [6.45, 7) is 3.95. The highest BCUT2D eigenvalue weighted by Gasteiger charge is 2.25. The third kappa shape index (κ3) is 3.98. The summed E-state index contributed by atoms with van der Waals surface area (Å²) in [5, 5.41) is 1.69. The average molecular weight is 229 g/mol. The fourth-order valence-corrected chi connectivity index (χ4v) is 2.13. The summed E-state index contributed by atoms with van der Waals surface area (Å²) in [6.07, 6.45) is 3.90. The van der Waals surface area contributed by atoms with E-state index >= 15 is 0 Å². The molecule has 1 heterocycles. The van der Waals surface area contributed by atoms with Gasteiger partial charge in [0.25, 0.3) is 0 Å². The normalized spacial score (nSPS) is 18.4. The van der Waals surface area contributed by atoms with Crippen LogP contribution in [-0.4, -0.2) is 67.9 Å². The molecule has 1 saturated heterocycles. The van der Waals surface area contributed by atoms with Crippen molar-refractivity contribution in [3.8, 4) is 0 Å². The molecule has 0 atom stereocenters. The molecular weight excluding hydrogens is 204 g/mol. The Kier molecular flexibility index (Phi) is 4.56. The van der Waals surface area contributed by atoms with Gasteiger partial charge in [0.1, 0.15) is 0 Å². The molecule has 0 aliphatic carbocycles. The average Bonchev–Trinajstić information content (AvgIpc) is 2.17. The Morgan fingerprint density at radius 2 is 1.81 bits per heavy atom. The Bertz CT molecular complexity index is 231. The lowest BCUT2D eigenvalue weighted by atomic mass is 10.1. The number of rotatable bonds is 4. The Labute approximate surface area is 98.3 Å². The Balaban J connectivity index is 2.40. The maximum Gasteiger partial charge on any atom is 0.359 e. The summed E-state index contributed by atoms with van der Waals surface area (Å²) in [4.78, 5) is 13.7. The Morgan fingerprint density at radius 3 is 2.25 bits per heavy atom. The van der Waals surface area contributed by atoms with Crippen molar-refractivity contribution in [3.63, 3.8) is 0 Å². The SMILES string of the molecule is C[N+](C)(C)N(CCN1CCCCC1)C(N)=O. The smallest absolute Gasteiger partial charge is 0.348 e. The van der Waals surface area contributed by atoms with Gasteiger partial charge in [-0.1, -0.05) is 6.42 Å². The summed E-state index contributed by atoms with van der Waals surface area (Å²) in [5.41, 5.74) is 5.39. The maximum atomic E-state index is 11.3. The minimum absolute atomic E-state index is 0.343. The zero-order chi connectivity index (χ0) is 12.2. The molecule has 16 heavy (non-hydrogen) atoms. The molecule has 1 fully saturated rings. The van der Waals surface area contributed by atoms with Gasteiger partial charge in [-0.25, -0.2) is 9.39 Å². The number of nitrogens with zero attached hydrogens (tertiary/aromatic N) is 3. The first-order valence-corrected chi connectivity index (χ1v) is 6.02. The summed E-state index contributed by atoms with van der Waals surface area (Å²) in [6, 6.07) is -0.343. The summed E-state index contributed by atoms with van der Waals surface area (Å²) >= 11 is 0. The minimum atomic E-state index is -0.343. The summed E-state index contributed by atoms with van der Waals surface area (Å²) in [7, 11) is 5.88. The standard InChI is InChI=1S/C11H24N4O/c1-15(2,3)14(11(12)16)10-9-13-7-5-4-6-8-13/h4-10H2,1-3H3,(H-,12,16)/p+1. The highest BCUT2D eigenvalue weighted by molar-refractivity contribution is 5.70. The number of hydrogen-bond donors (Lipinski definition) is 1. The van der Waals surface area contributed by atoms with Crippen molar-refractivity contribution in [2.45, 2.75) is 19.3 Å². The van der Waals surface area contributed by atoms with E-state index in [-0.39, 0.29) is 6.03 Å². The second-order valence-electron chi connectivity index (χ2n) is 5.31. The van der Waals surface area contributed by atoms with Gasteiger partial charge in [-0.05, 0) is 25.9 Å². The van der Waals surface area contributed by atoms with Gasteiger partial charge < -0.3 is 10.6 Å². The highest BCUT2D eigenvalue weighted by Crippen LogP contribution is 2.09. The molecule has 2 N–H and O–H groups in total. The largest absolute Gasteiger partial charge is 0.359 e.